The average molecular weight is 237 g/mol. The Morgan fingerprint density at radius 3 is 2.88 bits per heavy atom. The second kappa shape index (κ2) is 5.47. The Labute approximate surface area is 101 Å². The third-order valence-corrected chi connectivity index (χ3v) is 2.68. The molecular weight excluding hydrogens is 218 g/mol. The van der Waals surface area contributed by atoms with Crippen LogP contribution in [0.15, 0.2) is 17.2 Å². The number of nitrogens with one attached hydrogen (secondary N) is 1. The molecule has 1 rings (SSSR count). The van der Waals surface area contributed by atoms with Gasteiger partial charge in [0.15, 0.2) is 5.82 Å². The quantitative estimate of drug-likeness (QED) is 0.568. The van der Waals surface area contributed by atoms with E-state index in [1.807, 2.05) is 13.8 Å². The van der Waals surface area contributed by atoms with Gasteiger partial charge < -0.3 is 15.2 Å². The predicted molar refractivity (Wildman–Crippen MR) is 68.5 cm³/mol. The molecule has 1 atom stereocenters. The van der Waals surface area contributed by atoms with Crippen molar-refractivity contribution < 1.29 is 0 Å². The van der Waals surface area contributed by atoms with Crippen molar-refractivity contribution in [3.63, 3.8) is 0 Å². The molecule has 1 aromatic rings. The molecule has 1 unspecified atom stereocenters. The summed E-state index contributed by atoms with van der Waals surface area (Å²) in [4.78, 5) is 17.8. The lowest BCUT2D eigenvalue weighted by molar-refractivity contribution is 0.685. The summed E-state index contributed by atoms with van der Waals surface area (Å²) in [6.45, 7) is 4.87. The molecule has 1 aromatic heterocycles. The van der Waals surface area contributed by atoms with Gasteiger partial charge in [0, 0.05) is 38.4 Å². The minimum Gasteiger partial charge on any atom is -0.387 e. The summed E-state index contributed by atoms with van der Waals surface area (Å²) in [5.41, 5.74) is 5.29. The summed E-state index contributed by atoms with van der Waals surface area (Å²) in [7, 11) is 1.78. The van der Waals surface area contributed by atoms with Crippen molar-refractivity contribution in [2.75, 3.05) is 18.5 Å². The largest absolute Gasteiger partial charge is 0.387 e. The van der Waals surface area contributed by atoms with Gasteiger partial charge in [0.25, 0.3) is 5.56 Å². The zero-order valence-corrected chi connectivity index (χ0v) is 10.5. The highest BCUT2D eigenvalue weighted by atomic mass is 16.1. The molecule has 6 heteroatoms. The molecule has 0 aliphatic heterocycles. The van der Waals surface area contributed by atoms with Crippen LogP contribution in [0.2, 0.25) is 0 Å². The van der Waals surface area contributed by atoms with Crippen LogP contribution >= 0.6 is 0 Å². The van der Waals surface area contributed by atoms with Crippen LogP contribution in [0.1, 0.15) is 13.8 Å². The Morgan fingerprint density at radius 2 is 2.35 bits per heavy atom. The lowest BCUT2D eigenvalue weighted by atomic mass is 10.1. The van der Waals surface area contributed by atoms with Crippen molar-refractivity contribution in [3.05, 3.63) is 22.7 Å². The molecule has 0 spiro atoms. The maximum absolute atomic E-state index is 12.0. The van der Waals surface area contributed by atoms with Crippen LogP contribution in [0, 0.1) is 11.3 Å². The molecule has 0 saturated carbocycles. The third kappa shape index (κ3) is 3.05. The van der Waals surface area contributed by atoms with E-state index in [0.717, 1.165) is 0 Å². The van der Waals surface area contributed by atoms with E-state index in [9.17, 15) is 4.79 Å². The lowest BCUT2D eigenvalue weighted by Crippen LogP contribution is -2.36. The molecular formula is C11H19N5O. The van der Waals surface area contributed by atoms with Crippen LogP contribution in [-0.4, -0.2) is 29.0 Å². The summed E-state index contributed by atoms with van der Waals surface area (Å²) in [6, 6.07) is 0. The number of nitrogens with two attached hydrogens (primary N) is 1. The summed E-state index contributed by atoms with van der Waals surface area (Å²) in [5.74, 6) is 0.405. The molecule has 0 radical (unpaired) electrons. The Kier molecular flexibility index (Phi) is 4.25. The van der Waals surface area contributed by atoms with Crippen LogP contribution in [0.25, 0.3) is 0 Å². The van der Waals surface area contributed by atoms with Crippen molar-refractivity contribution in [1.29, 1.82) is 5.41 Å². The van der Waals surface area contributed by atoms with E-state index in [1.165, 1.54) is 0 Å². The summed E-state index contributed by atoms with van der Waals surface area (Å²) < 4.78 is 1.59. The van der Waals surface area contributed by atoms with E-state index >= 15 is 0 Å². The molecule has 0 aliphatic rings. The molecule has 0 saturated heterocycles. The standard InChI is InChI=1S/C11H19N5O/c1-4-16-6-5-14-10(11(16)17)15(3)7-8(2)9(12)13/h5-6,8H,4,7H2,1-3H3,(H3,12,13). The number of anilines is 1. The van der Waals surface area contributed by atoms with Crippen molar-refractivity contribution in [2.45, 2.75) is 20.4 Å². The smallest absolute Gasteiger partial charge is 0.293 e. The molecule has 6 nitrogen and oxygen atoms in total. The Bertz CT molecular complexity index is 453. The van der Waals surface area contributed by atoms with Gasteiger partial charge in [0.1, 0.15) is 0 Å². The highest BCUT2D eigenvalue weighted by molar-refractivity contribution is 5.79. The van der Waals surface area contributed by atoms with E-state index in [4.69, 9.17) is 11.1 Å². The second-order valence-corrected chi connectivity index (χ2v) is 4.08. The Hall–Kier alpha value is -1.85. The molecule has 0 aromatic carbocycles. The first-order chi connectivity index (χ1) is 7.97. The molecule has 0 bridgehead atoms. The molecule has 17 heavy (non-hydrogen) atoms. The monoisotopic (exact) mass is 237 g/mol. The molecule has 94 valence electrons. The highest BCUT2D eigenvalue weighted by Crippen LogP contribution is 2.04. The number of nitrogens with zero attached hydrogens (tertiary/aromatic N) is 3. The van der Waals surface area contributed by atoms with Crippen molar-refractivity contribution in [1.82, 2.24) is 9.55 Å². The summed E-state index contributed by atoms with van der Waals surface area (Å²) in [5, 5.41) is 7.34. The average Bonchev–Trinajstić information content (AvgIpc) is 2.28. The maximum Gasteiger partial charge on any atom is 0.293 e. The molecule has 1 heterocycles. The second-order valence-electron chi connectivity index (χ2n) is 4.08. The first-order valence-electron chi connectivity index (χ1n) is 5.57. The van der Waals surface area contributed by atoms with E-state index in [2.05, 4.69) is 4.98 Å². The van der Waals surface area contributed by atoms with Crippen molar-refractivity contribution in [3.8, 4) is 0 Å². The van der Waals surface area contributed by atoms with Gasteiger partial charge in [0.05, 0.1) is 5.84 Å². The molecule has 3 N–H and O–H groups in total. The SMILES string of the molecule is CCn1ccnc(N(C)CC(C)C(=N)N)c1=O. The number of aromatic nitrogens is 2. The van der Waals surface area contributed by atoms with E-state index < -0.39 is 0 Å². The number of hydrogen-bond acceptors (Lipinski definition) is 4. The van der Waals surface area contributed by atoms with E-state index in [-0.39, 0.29) is 17.3 Å². The summed E-state index contributed by atoms with van der Waals surface area (Å²) >= 11 is 0. The fourth-order valence-corrected chi connectivity index (χ4v) is 1.54. The first kappa shape index (κ1) is 13.2. The first-order valence-corrected chi connectivity index (χ1v) is 5.57. The minimum atomic E-state index is -0.117. The molecule has 0 aliphatic carbocycles. The highest BCUT2D eigenvalue weighted by Gasteiger charge is 2.14. The minimum absolute atomic E-state index is 0.100. The van der Waals surface area contributed by atoms with Gasteiger partial charge in [0.2, 0.25) is 0 Å². The molecule has 0 amide bonds. The zero-order chi connectivity index (χ0) is 13.0. The van der Waals surface area contributed by atoms with Crippen LogP contribution in [0.4, 0.5) is 5.82 Å². The fourth-order valence-electron chi connectivity index (χ4n) is 1.54. The van der Waals surface area contributed by atoms with Gasteiger partial charge in [-0.05, 0) is 6.92 Å². The predicted octanol–water partition coefficient (Wildman–Crippen LogP) is 0.271. The van der Waals surface area contributed by atoms with Crippen LogP contribution < -0.4 is 16.2 Å². The third-order valence-electron chi connectivity index (χ3n) is 2.68. The van der Waals surface area contributed by atoms with Gasteiger partial charge in [-0.25, -0.2) is 4.98 Å². The number of amidine groups is 1. The number of rotatable bonds is 5. The maximum atomic E-state index is 12.0. The van der Waals surface area contributed by atoms with Gasteiger partial charge >= 0.3 is 0 Å². The van der Waals surface area contributed by atoms with E-state index in [0.29, 0.717) is 18.9 Å². The van der Waals surface area contributed by atoms with E-state index in [1.54, 1.807) is 28.9 Å². The van der Waals surface area contributed by atoms with Crippen molar-refractivity contribution in [2.24, 2.45) is 11.7 Å². The number of hydrogen-bond donors (Lipinski definition) is 2. The van der Waals surface area contributed by atoms with Gasteiger partial charge in [-0.2, -0.15) is 0 Å². The van der Waals surface area contributed by atoms with Crippen LogP contribution in [-0.2, 0) is 6.54 Å². The normalized spacial score (nSPS) is 12.2. The lowest BCUT2D eigenvalue weighted by Gasteiger charge is -2.21. The van der Waals surface area contributed by atoms with Crippen LogP contribution in [0.5, 0.6) is 0 Å². The number of aryl methyl sites for hydroxylation is 1. The Morgan fingerprint density at radius 1 is 1.71 bits per heavy atom. The van der Waals surface area contributed by atoms with Gasteiger partial charge in [-0.15, -0.1) is 0 Å². The fraction of sp³-hybridized carbons (Fsp3) is 0.545. The topological polar surface area (TPSA) is 88.0 Å². The summed E-state index contributed by atoms with van der Waals surface area (Å²) in [6.07, 6.45) is 3.27. The van der Waals surface area contributed by atoms with Gasteiger partial charge in [-0.3, -0.25) is 10.2 Å². The molecule has 0 fully saturated rings. The Balaban J connectivity index is 2.93. The van der Waals surface area contributed by atoms with Crippen LogP contribution in [0.3, 0.4) is 0 Å². The van der Waals surface area contributed by atoms with Crippen molar-refractivity contribution >= 4 is 11.7 Å². The zero-order valence-electron chi connectivity index (χ0n) is 10.5. The van der Waals surface area contributed by atoms with Gasteiger partial charge in [-0.1, -0.05) is 6.92 Å².